The fourth-order valence-electron chi connectivity index (χ4n) is 3.88. The maximum Gasteiger partial charge on any atom is 0.210 e. The lowest BCUT2D eigenvalue weighted by Gasteiger charge is -2.19. The summed E-state index contributed by atoms with van der Waals surface area (Å²) in [7, 11) is 2.08. The number of para-hydroxylation sites is 1. The van der Waals surface area contributed by atoms with E-state index < -0.39 is 0 Å². The van der Waals surface area contributed by atoms with Crippen LogP contribution in [-0.4, -0.2) is 24.4 Å². The van der Waals surface area contributed by atoms with E-state index in [1.807, 2.05) is 60.6 Å². The SMILES string of the molecule is CC.CC.CC.CC1=C[B]C(c2ccc3c(c2)/C(=N\NC2=Nc4ccccc4C2)CCC3)=N1. The van der Waals surface area contributed by atoms with Crippen molar-refractivity contribution in [3.05, 3.63) is 76.4 Å². The Hall–Kier alpha value is -2.95. The standard InChI is InChI=1S/C22H20BN4.3C2H6/c1-14-13-23-22(24-14)17-10-9-15-6-4-8-20(18(15)11-17)26-27-21-12-16-5-2-3-7-19(16)25-21;3*1-2/h2-3,5,7,9-11,13H,4,6,8,12H2,1H3,(H,25,27);3*1-2H3/b26-20-;;;. The van der Waals surface area contributed by atoms with E-state index in [1.165, 1.54) is 16.7 Å². The molecule has 0 atom stereocenters. The average Bonchev–Trinajstić information content (AvgIpc) is 3.52. The first-order valence-electron chi connectivity index (χ1n) is 12.5. The molecular formula is C28H38BN4. The third kappa shape index (κ3) is 6.53. The third-order valence-electron chi connectivity index (χ3n) is 5.28. The Balaban J connectivity index is 0.000000597. The summed E-state index contributed by atoms with van der Waals surface area (Å²) in [6, 6.07) is 14.9. The minimum atomic E-state index is 0.816. The van der Waals surface area contributed by atoms with Crippen LogP contribution in [0.5, 0.6) is 0 Å². The lowest BCUT2D eigenvalue weighted by Crippen LogP contribution is -2.22. The minimum absolute atomic E-state index is 0.816. The maximum atomic E-state index is 4.75. The van der Waals surface area contributed by atoms with Crippen molar-refractivity contribution in [2.75, 3.05) is 0 Å². The molecule has 0 saturated carbocycles. The molecule has 0 bridgehead atoms. The Morgan fingerprint density at radius 3 is 2.33 bits per heavy atom. The van der Waals surface area contributed by atoms with Crippen LogP contribution in [0, 0.1) is 0 Å². The fraction of sp³-hybridized carbons (Fsp3) is 0.393. The predicted molar refractivity (Wildman–Crippen MR) is 146 cm³/mol. The Morgan fingerprint density at radius 2 is 1.64 bits per heavy atom. The molecule has 173 valence electrons. The minimum Gasteiger partial charge on any atom is -0.269 e. The summed E-state index contributed by atoms with van der Waals surface area (Å²) >= 11 is 0. The van der Waals surface area contributed by atoms with Crippen LogP contribution in [0.4, 0.5) is 5.69 Å². The van der Waals surface area contributed by atoms with Crippen molar-refractivity contribution < 1.29 is 0 Å². The van der Waals surface area contributed by atoms with Gasteiger partial charge in [0.15, 0.2) is 0 Å². The van der Waals surface area contributed by atoms with Crippen LogP contribution >= 0.6 is 0 Å². The molecule has 3 aliphatic rings. The summed E-state index contributed by atoms with van der Waals surface area (Å²) < 4.78 is 0. The van der Waals surface area contributed by atoms with Crippen molar-refractivity contribution in [3.8, 4) is 0 Å². The van der Waals surface area contributed by atoms with Gasteiger partial charge in [-0.05, 0) is 55.0 Å². The molecule has 2 aliphatic heterocycles. The van der Waals surface area contributed by atoms with Crippen molar-refractivity contribution in [3.63, 3.8) is 0 Å². The zero-order valence-electron chi connectivity index (χ0n) is 21.4. The Bertz CT molecular complexity index is 1050. The van der Waals surface area contributed by atoms with E-state index >= 15 is 0 Å². The first-order valence-corrected chi connectivity index (χ1v) is 12.5. The van der Waals surface area contributed by atoms with E-state index in [4.69, 9.17) is 5.10 Å². The smallest absolute Gasteiger partial charge is 0.210 e. The number of amidine groups is 1. The second kappa shape index (κ2) is 13.6. The number of aryl methyl sites for hydroxylation is 1. The molecule has 5 rings (SSSR count). The molecule has 4 nitrogen and oxygen atoms in total. The lowest BCUT2D eigenvalue weighted by molar-refractivity contribution is 0.826. The molecule has 2 aromatic carbocycles. The van der Waals surface area contributed by atoms with Gasteiger partial charge in [-0.15, -0.1) is 0 Å². The second-order valence-electron chi connectivity index (χ2n) is 7.23. The van der Waals surface area contributed by atoms with Crippen LogP contribution in [0.15, 0.2) is 69.2 Å². The van der Waals surface area contributed by atoms with Gasteiger partial charge in [0.05, 0.1) is 11.4 Å². The molecule has 0 amide bonds. The van der Waals surface area contributed by atoms with Crippen molar-refractivity contribution in [1.29, 1.82) is 0 Å². The fourth-order valence-corrected chi connectivity index (χ4v) is 3.88. The summed E-state index contributed by atoms with van der Waals surface area (Å²) in [6.07, 6.45) is 4.04. The normalized spacial score (nSPS) is 16.1. The molecular weight excluding hydrogens is 403 g/mol. The van der Waals surface area contributed by atoms with Crippen LogP contribution in [0.1, 0.15) is 83.6 Å². The summed E-state index contributed by atoms with van der Waals surface area (Å²) in [4.78, 5) is 9.26. The van der Waals surface area contributed by atoms with Gasteiger partial charge in [0.2, 0.25) is 7.28 Å². The van der Waals surface area contributed by atoms with E-state index in [1.54, 1.807) is 0 Å². The zero-order valence-corrected chi connectivity index (χ0v) is 21.4. The number of allylic oxidation sites excluding steroid dienone is 1. The van der Waals surface area contributed by atoms with Crippen LogP contribution < -0.4 is 5.43 Å². The van der Waals surface area contributed by atoms with Gasteiger partial charge < -0.3 is 0 Å². The van der Waals surface area contributed by atoms with Gasteiger partial charge in [0.25, 0.3) is 0 Å². The number of hydrazone groups is 1. The highest BCUT2D eigenvalue weighted by atomic mass is 15.3. The molecule has 1 N–H and O–H groups in total. The number of benzene rings is 2. The van der Waals surface area contributed by atoms with Crippen LogP contribution in [-0.2, 0) is 12.8 Å². The molecule has 33 heavy (non-hydrogen) atoms. The largest absolute Gasteiger partial charge is 0.269 e. The summed E-state index contributed by atoms with van der Waals surface area (Å²) in [5, 5.41) is 4.75. The van der Waals surface area contributed by atoms with Crippen LogP contribution in [0.3, 0.4) is 0 Å². The van der Waals surface area contributed by atoms with E-state index in [0.717, 1.165) is 59.8 Å². The molecule has 1 aliphatic carbocycles. The van der Waals surface area contributed by atoms with Gasteiger partial charge in [-0.25, -0.2) is 4.99 Å². The molecule has 0 spiro atoms. The quantitative estimate of drug-likeness (QED) is 0.396. The van der Waals surface area contributed by atoms with Gasteiger partial charge >= 0.3 is 0 Å². The van der Waals surface area contributed by atoms with Crippen LogP contribution in [0.2, 0.25) is 0 Å². The van der Waals surface area contributed by atoms with Crippen LogP contribution in [0.25, 0.3) is 0 Å². The maximum absolute atomic E-state index is 4.75. The molecule has 0 unspecified atom stereocenters. The summed E-state index contributed by atoms with van der Waals surface area (Å²) in [6.45, 7) is 14.0. The number of hydrogen-bond acceptors (Lipinski definition) is 4. The summed E-state index contributed by atoms with van der Waals surface area (Å²) in [5.74, 6) is 2.97. The number of hydrogen-bond donors (Lipinski definition) is 1. The topological polar surface area (TPSA) is 49.1 Å². The van der Waals surface area contributed by atoms with Gasteiger partial charge in [0, 0.05) is 23.3 Å². The average molecular weight is 441 g/mol. The Kier molecular flexibility index (Phi) is 10.8. The molecule has 0 fully saturated rings. The Morgan fingerprint density at radius 1 is 0.879 bits per heavy atom. The molecule has 5 heteroatoms. The second-order valence-corrected chi connectivity index (χ2v) is 7.23. The monoisotopic (exact) mass is 441 g/mol. The molecule has 0 saturated heterocycles. The van der Waals surface area contributed by atoms with Gasteiger partial charge in [0.1, 0.15) is 5.84 Å². The van der Waals surface area contributed by atoms with E-state index in [2.05, 4.69) is 59.0 Å². The van der Waals surface area contributed by atoms with Crippen molar-refractivity contribution >= 4 is 30.1 Å². The number of nitrogens with zero attached hydrogens (tertiary/aromatic N) is 3. The number of nitrogens with one attached hydrogen (secondary N) is 1. The lowest BCUT2D eigenvalue weighted by atomic mass is 9.70. The predicted octanol–water partition coefficient (Wildman–Crippen LogP) is 7.01. The highest BCUT2D eigenvalue weighted by molar-refractivity contribution is 6.83. The van der Waals surface area contributed by atoms with E-state index in [-0.39, 0.29) is 0 Å². The first kappa shape index (κ1) is 26.3. The van der Waals surface area contributed by atoms with Crippen molar-refractivity contribution in [2.45, 2.75) is 74.1 Å². The van der Waals surface area contributed by atoms with E-state index in [9.17, 15) is 0 Å². The van der Waals surface area contributed by atoms with Crippen molar-refractivity contribution in [2.24, 2.45) is 15.1 Å². The molecule has 2 heterocycles. The highest BCUT2D eigenvalue weighted by Gasteiger charge is 2.19. The third-order valence-corrected chi connectivity index (χ3v) is 5.28. The number of aliphatic imine (C=N–C) groups is 2. The molecule has 2 aromatic rings. The Labute approximate surface area is 201 Å². The van der Waals surface area contributed by atoms with E-state index in [0.29, 0.717) is 0 Å². The van der Waals surface area contributed by atoms with Gasteiger partial charge in [-0.1, -0.05) is 77.8 Å². The summed E-state index contributed by atoms with van der Waals surface area (Å²) in [5.41, 5.74) is 12.5. The first-order chi connectivity index (χ1) is 16.3. The zero-order chi connectivity index (χ0) is 24.2. The number of fused-ring (bicyclic) bond motifs is 2. The van der Waals surface area contributed by atoms with Gasteiger partial charge in [-0.2, -0.15) is 5.10 Å². The molecule has 1 radical (unpaired) electrons. The highest BCUT2D eigenvalue weighted by Crippen LogP contribution is 2.26. The van der Waals surface area contributed by atoms with Gasteiger partial charge in [-0.3, -0.25) is 10.4 Å². The van der Waals surface area contributed by atoms with Crippen molar-refractivity contribution in [1.82, 2.24) is 5.43 Å². The molecule has 0 aromatic heterocycles. The number of rotatable bonds is 2.